The Morgan fingerprint density at radius 1 is 1.53 bits per heavy atom. The maximum absolute atomic E-state index is 11.5. The number of hydrogen-bond acceptors (Lipinski definition) is 4. The summed E-state index contributed by atoms with van der Waals surface area (Å²) in [5.74, 6) is 1.66. The third-order valence-corrected chi connectivity index (χ3v) is 3.44. The second kappa shape index (κ2) is 4.32. The molecule has 0 spiro atoms. The van der Waals surface area contributed by atoms with Crippen molar-refractivity contribution < 1.29 is 0 Å². The molecule has 0 aromatic carbocycles. The number of nitrogens with one attached hydrogen (secondary N) is 2. The molecule has 0 saturated heterocycles. The van der Waals surface area contributed by atoms with E-state index in [1.54, 1.807) is 11.8 Å². The molecule has 2 N–H and O–H groups in total. The van der Waals surface area contributed by atoms with E-state index < -0.39 is 0 Å². The smallest absolute Gasteiger partial charge is 0.257 e. The Morgan fingerprint density at radius 2 is 2.33 bits per heavy atom. The predicted molar refractivity (Wildman–Crippen MR) is 65.8 cm³/mol. The molecule has 0 amide bonds. The zero-order chi connectivity index (χ0) is 10.8. The van der Waals surface area contributed by atoms with Gasteiger partial charge in [-0.15, -0.1) is 11.8 Å². The van der Waals surface area contributed by atoms with Crippen LogP contribution in [-0.2, 0) is 6.42 Å². The molecule has 2 heterocycles. The SMILES string of the molecule is CCCSC1=Nc2[nH]c(=S)[nH]c(=O)c2C1. The van der Waals surface area contributed by atoms with Gasteiger partial charge in [0.2, 0.25) is 0 Å². The zero-order valence-electron chi connectivity index (χ0n) is 8.29. The van der Waals surface area contributed by atoms with Gasteiger partial charge in [0.15, 0.2) is 4.77 Å². The number of hydrogen-bond donors (Lipinski definition) is 2. The van der Waals surface area contributed by atoms with Gasteiger partial charge in [0.25, 0.3) is 5.56 Å². The molecule has 0 aliphatic carbocycles. The van der Waals surface area contributed by atoms with Crippen molar-refractivity contribution in [1.29, 1.82) is 0 Å². The van der Waals surface area contributed by atoms with Crippen LogP contribution in [0.1, 0.15) is 18.9 Å². The van der Waals surface area contributed by atoms with Gasteiger partial charge in [0.1, 0.15) is 5.82 Å². The van der Waals surface area contributed by atoms with Crippen molar-refractivity contribution in [3.8, 4) is 0 Å². The molecule has 1 aliphatic rings. The van der Waals surface area contributed by atoms with Gasteiger partial charge in [-0.05, 0) is 24.4 Å². The summed E-state index contributed by atoms with van der Waals surface area (Å²) in [7, 11) is 0. The van der Waals surface area contributed by atoms with Crippen LogP contribution in [0.25, 0.3) is 0 Å². The van der Waals surface area contributed by atoms with Crippen LogP contribution >= 0.6 is 24.0 Å². The molecule has 4 nitrogen and oxygen atoms in total. The topological polar surface area (TPSA) is 61.0 Å². The van der Waals surface area contributed by atoms with Crippen molar-refractivity contribution >= 4 is 34.8 Å². The number of rotatable bonds is 2. The lowest BCUT2D eigenvalue weighted by Crippen LogP contribution is -2.13. The minimum atomic E-state index is -0.121. The van der Waals surface area contributed by atoms with E-state index in [1.807, 2.05) is 0 Å². The van der Waals surface area contributed by atoms with Crippen LogP contribution in [0.4, 0.5) is 5.82 Å². The predicted octanol–water partition coefficient (Wildman–Crippen LogP) is 2.16. The summed E-state index contributed by atoms with van der Waals surface area (Å²) >= 11 is 6.58. The van der Waals surface area contributed by atoms with Crippen LogP contribution in [0.15, 0.2) is 9.79 Å². The molecule has 2 rings (SSSR count). The van der Waals surface area contributed by atoms with E-state index in [0.29, 0.717) is 22.6 Å². The average Bonchev–Trinajstić information content (AvgIpc) is 2.57. The van der Waals surface area contributed by atoms with Crippen LogP contribution in [-0.4, -0.2) is 20.8 Å². The summed E-state index contributed by atoms with van der Waals surface area (Å²) in [4.78, 5) is 21.3. The van der Waals surface area contributed by atoms with Crippen molar-refractivity contribution in [3.05, 3.63) is 20.7 Å². The molecule has 80 valence electrons. The highest BCUT2D eigenvalue weighted by atomic mass is 32.2. The molecule has 0 radical (unpaired) electrons. The molecule has 0 atom stereocenters. The molecule has 6 heteroatoms. The zero-order valence-corrected chi connectivity index (χ0v) is 9.93. The van der Waals surface area contributed by atoms with Gasteiger partial charge in [-0.1, -0.05) is 6.92 Å². The molecule has 15 heavy (non-hydrogen) atoms. The summed E-state index contributed by atoms with van der Waals surface area (Å²) in [6.07, 6.45) is 1.73. The van der Waals surface area contributed by atoms with Crippen molar-refractivity contribution in [1.82, 2.24) is 9.97 Å². The fraction of sp³-hybridized carbons (Fsp3) is 0.444. The molecule has 1 aromatic rings. The van der Waals surface area contributed by atoms with Gasteiger partial charge in [-0.25, -0.2) is 4.99 Å². The standard InChI is InChI=1S/C9H11N3OS2/c1-2-3-15-6-4-5-7(10-6)11-9(14)12-8(5)13/h2-4H2,1H3,(H2,11,12,13,14). The van der Waals surface area contributed by atoms with Crippen LogP contribution < -0.4 is 5.56 Å². The number of H-pyrrole nitrogens is 2. The van der Waals surface area contributed by atoms with Crippen molar-refractivity contribution in [2.45, 2.75) is 19.8 Å². The number of aromatic nitrogens is 2. The van der Waals surface area contributed by atoms with Crippen LogP contribution in [0.2, 0.25) is 0 Å². The maximum atomic E-state index is 11.5. The number of aliphatic imine (C=N–C) groups is 1. The van der Waals surface area contributed by atoms with E-state index >= 15 is 0 Å². The Hall–Kier alpha value is -0.880. The quantitative estimate of drug-likeness (QED) is 0.780. The summed E-state index contributed by atoms with van der Waals surface area (Å²) in [6.45, 7) is 2.12. The molecule has 1 aromatic heterocycles. The Bertz CT molecular complexity index is 515. The van der Waals surface area contributed by atoms with E-state index in [-0.39, 0.29) is 5.56 Å². The van der Waals surface area contributed by atoms with E-state index in [9.17, 15) is 4.79 Å². The summed E-state index contributed by atoms with van der Waals surface area (Å²) in [5.41, 5.74) is 0.576. The third kappa shape index (κ3) is 2.21. The maximum Gasteiger partial charge on any atom is 0.257 e. The fourth-order valence-electron chi connectivity index (χ4n) is 1.38. The largest absolute Gasteiger partial charge is 0.317 e. The molecule has 0 fully saturated rings. The number of nitrogens with zero attached hydrogens (tertiary/aromatic N) is 1. The van der Waals surface area contributed by atoms with Crippen molar-refractivity contribution in [3.63, 3.8) is 0 Å². The van der Waals surface area contributed by atoms with E-state index in [2.05, 4.69) is 21.9 Å². The minimum absolute atomic E-state index is 0.121. The van der Waals surface area contributed by atoms with Crippen LogP contribution in [0, 0.1) is 4.77 Å². The van der Waals surface area contributed by atoms with Gasteiger partial charge in [0.05, 0.1) is 10.6 Å². The first kappa shape index (κ1) is 10.6. The summed E-state index contributed by atoms with van der Waals surface area (Å²) < 4.78 is 0.337. The molecular weight excluding hydrogens is 230 g/mol. The monoisotopic (exact) mass is 241 g/mol. The minimum Gasteiger partial charge on any atom is -0.317 e. The van der Waals surface area contributed by atoms with Crippen LogP contribution in [0.3, 0.4) is 0 Å². The van der Waals surface area contributed by atoms with E-state index in [1.165, 1.54) is 0 Å². The van der Waals surface area contributed by atoms with Crippen LogP contribution in [0.5, 0.6) is 0 Å². The first-order valence-electron chi connectivity index (χ1n) is 4.76. The van der Waals surface area contributed by atoms with E-state index in [4.69, 9.17) is 12.2 Å². The normalized spacial score (nSPS) is 13.8. The second-order valence-electron chi connectivity index (χ2n) is 3.27. The number of aromatic amines is 2. The van der Waals surface area contributed by atoms with Gasteiger partial charge in [-0.3, -0.25) is 9.78 Å². The molecular formula is C9H11N3OS2. The lowest BCUT2D eigenvalue weighted by atomic mass is 10.3. The van der Waals surface area contributed by atoms with Gasteiger partial charge in [-0.2, -0.15) is 0 Å². The Balaban J connectivity index is 2.30. The molecule has 0 bridgehead atoms. The summed E-state index contributed by atoms with van der Waals surface area (Å²) in [6, 6.07) is 0. The van der Waals surface area contributed by atoms with Crippen molar-refractivity contribution in [2.24, 2.45) is 4.99 Å². The van der Waals surface area contributed by atoms with E-state index in [0.717, 1.165) is 17.2 Å². The highest BCUT2D eigenvalue weighted by Crippen LogP contribution is 2.25. The van der Waals surface area contributed by atoms with Gasteiger partial charge in [0, 0.05) is 6.42 Å². The first-order chi connectivity index (χ1) is 7.20. The fourth-order valence-corrected chi connectivity index (χ4v) is 2.41. The van der Waals surface area contributed by atoms with Crippen molar-refractivity contribution in [2.75, 3.05) is 5.75 Å². The average molecular weight is 241 g/mol. The summed E-state index contributed by atoms with van der Waals surface area (Å²) in [5, 5.41) is 0.995. The number of fused-ring (bicyclic) bond motifs is 1. The van der Waals surface area contributed by atoms with Gasteiger partial charge < -0.3 is 4.98 Å². The Morgan fingerprint density at radius 3 is 3.07 bits per heavy atom. The highest BCUT2D eigenvalue weighted by Gasteiger charge is 2.18. The second-order valence-corrected chi connectivity index (χ2v) is 4.84. The molecule has 0 unspecified atom stereocenters. The highest BCUT2D eigenvalue weighted by molar-refractivity contribution is 8.14. The Kier molecular flexibility index (Phi) is 3.06. The van der Waals surface area contributed by atoms with Gasteiger partial charge >= 0.3 is 0 Å². The lowest BCUT2D eigenvalue weighted by molar-refractivity contribution is 1.05. The number of thioether (sulfide) groups is 1. The third-order valence-electron chi connectivity index (χ3n) is 2.06. The lowest BCUT2D eigenvalue weighted by Gasteiger charge is -1.95. The molecule has 0 saturated carbocycles. The first-order valence-corrected chi connectivity index (χ1v) is 6.16. The molecule has 1 aliphatic heterocycles. The Labute approximate surface area is 96.2 Å².